The number of amides is 1. The summed E-state index contributed by atoms with van der Waals surface area (Å²) in [7, 11) is 0. The van der Waals surface area contributed by atoms with Gasteiger partial charge < -0.3 is 10.2 Å². The van der Waals surface area contributed by atoms with Crippen LogP contribution in [0.3, 0.4) is 0 Å². The molecule has 1 N–H and O–H groups in total. The van der Waals surface area contributed by atoms with E-state index < -0.39 is 0 Å². The molecule has 0 bridgehead atoms. The highest BCUT2D eigenvalue weighted by atomic mass is 35.5. The van der Waals surface area contributed by atoms with Crippen molar-refractivity contribution in [3.8, 4) is 0 Å². The number of likely N-dealkylation sites (tertiary alicyclic amines) is 1. The number of rotatable bonds is 7. The van der Waals surface area contributed by atoms with Crippen molar-refractivity contribution in [2.45, 2.75) is 31.7 Å². The monoisotopic (exact) mass is 472 g/mol. The molecule has 0 saturated carbocycles. The van der Waals surface area contributed by atoms with E-state index >= 15 is 0 Å². The van der Waals surface area contributed by atoms with Crippen molar-refractivity contribution < 1.29 is 4.79 Å². The third-order valence-corrected chi connectivity index (χ3v) is 6.30. The number of hydrogen-bond donors (Lipinski definition) is 1. The molecule has 2 aromatic carbocycles. The molecule has 0 unspecified atom stereocenters. The second-order valence-corrected chi connectivity index (χ2v) is 8.84. The van der Waals surface area contributed by atoms with Crippen LogP contribution in [0.1, 0.15) is 42.3 Å². The molecule has 1 aliphatic heterocycles. The van der Waals surface area contributed by atoms with Crippen LogP contribution in [-0.2, 0) is 11.2 Å². The predicted octanol–water partition coefficient (Wildman–Crippen LogP) is 4.83. The molecule has 2 aromatic heterocycles. The van der Waals surface area contributed by atoms with Crippen molar-refractivity contribution in [1.82, 2.24) is 24.8 Å². The van der Waals surface area contributed by atoms with E-state index in [-0.39, 0.29) is 11.9 Å². The fourth-order valence-electron chi connectivity index (χ4n) is 4.47. The smallest absolute Gasteiger partial charge is 0.224 e. The van der Waals surface area contributed by atoms with Crippen LogP contribution >= 0.6 is 11.6 Å². The Hall–Kier alpha value is -3.58. The molecule has 5 rings (SSSR count). The van der Waals surface area contributed by atoms with Crippen LogP contribution in [0.2, 0.25) is 5.02 Å². The van der Waals surface area contributed by atoms with Crippen LogP contribution in [0, 0.1) is 0 Å². The molecule has 172 valence electrons. The lowest BCUT2D eigenvalue weighted by atomic mass is 10.1. The summed E-state index contributed by atoms with van der Waals surface area (Å²) in [6.45, 7) is 1.24. The number of nitrogens with zero attached hydrogens (tertiary/aromatic N) is 5. The van der Waals surface area contributed by atoms with Gasteiger partial charge in [-0.3, -0.25) is 14.8 Å². The minimum absolute atomic E-state index is 0.0424. The Morgan fingerprint density at radius 3 is 2.94 bits per heavy atom. The zero-order chi connectivity index (χ0) is 23.3. The van der Waals surface area contributed by atoms with E-state index in [0.29, 0.717) is 24.4 Å². The number of para-hydroxylation sites is 1. The molecule has 0 radical (unpaired) electrons. The minimum Gasteiger partial charge on any atom is -0.369 e. The maximum absolute atomic E-state index is 13.1. The lowest BCUT2D eigenvalue weighted by molar-refractivity contribution is -0.131. The molecule has 4 aromatic rings. The van der Waals surface area contributed by atoms with Crippen molar-refractivity contribution in [3.63, 3.8) is 0 Å². The van der Waals surface area contributed by atoms with Crippen molar-refractivity contribution in [1.29, 1.82) is 0 Å². The van der Waals surface area contributed by atoms with Gasteiger partial charge in [0.05, 0.1) is 29.1 Å². The summed E-state index contributed by atoms with van der Waals surface area (Å²) < 4.78 is 0. The predicted molar refractivity (Wildman–Crippen MR) is 133 cm³/mol. The Labute approximate surface area is 203 Å². The molecule has 1 saturated heterocycles. The highest BCUT2D eigenvalue weighted by Crippen LogP contribution is 2.31. The molecular formula is C26H25ClN6O. The molecule has 34 heavy (non-hydrogen) atoms. The summed E-state index contributed by atoms with van der Waals surface area (Å²) >= 11 is 6.12. The standard InChI is InChI=1S/C26H25ClN6O/c27-19-6-3-5-18(13-19)14-20-15-28-16-23(32-20)24-9-4-12-33(24)25(34)10-11-29-26-21-7-1-2-8-22(21)30-17-31-26/h1-3,5-8,13,15-17,24H,4,9-12,14H2,(H,29,30,31)/t24-/m1/s1. The van der Waals surface area contributed by atoms with Gasteiger partial charge in [-0.05, 0) is 42.7 Å². The van der Waals surface area contributed by atoms with E-state index in [1.807, 2.05) is 53.4 Å². The number of hydrogen-bond acceptors (Lipinski definition) is 6. The summed E-state index contributed by atoms with van der Waals surface area (Å²) in [4.78, 5) is 32.9. The molecule has 1 aliphatic rings. The first kappa shape index (κ1) is 22.2. The number of anilines is 1. The maximum Gasteiger partial charge on any atom is 0.224 e. The van der Waals surface area contributed by atoms with Crippen molar-refractivity contribution >= 4 is 34.2 Å². The normalized spacial score (nSPS) is 15.6. The van der Waals surface area contributed by atoms with Gasteiger partial charge in [0.25, 0.3) is 0 Å². The molecular weight excluding hydrogens is 448 g/mol. The van der Waals surface area contributed by atoms with Crippen LogP contribution in [0.4, 0.5) is 5.82 Å². The molecule has 8 heteroatoms. The topological polar surface area (TPSA) is 83.9 Å². The van der Waals surface area contributed by atoms with Gasteiger partial charge in [0.2, 0.25) is 5.91 Å². The maximum atomic E-state index is 13.1. The number of halogens is 1. The molecule has 1 amide bonds. The van der Waals surface area contributed by atoms with Crippen LogP contribution in [-0.4, -0.2) is 43.8 Å². The summed E-state index contributed by atoms with van der Waals surface area (Å²) in [6.07, 6.45) is 7.98. The second-order valence-electron chi connectivity index (χ2n) is 8.40. The minimum atomic E-state index is -0.0424. The molecule has 1 atom stereocenters. The number of aromatic nitrogens is 4. The summed E-state index contributed by atoms with van der Waals surface area (Å²) in [6, 6.07) is 15.5. The highest BCUT2D eigenvalue weighted by molar-refractivity contribution is 6.30. The van der Waals surface area contributed by atoms with E-state index in [4.69, 9.17) is 16.6 Å². The first-order chi connectivity index (χ1) is 16.7. The third kappa shape index (κ3) is 4.99. The van der Waals surface area contributed by atoms with E-state index in [1.54, 1.807) is 12.4 Å². The average Bonchev–Trinajstić information content (AvgIpc) is 3.35. The van der Waals surface area contributed by atoms with Gasteiger partial charge in [0, 0.05) is 42.5 Å². The largest absolute Gasteiger partial charge is 0.369 e. The zero-order valence-electron chi connectivity index (χ0n) is 18.7. The molecule has 7 nitrogen and oxygen atoms in total. The number of carbonyl (C=O) groups is 1. The number of carbonyl (C=O) groups excluding carboxylic acids is 1. The van der Waals surface area contributed by atoms with Crippen molar-refractivity contribution in [2.75, 3.05) is 18.4 Å². The number of benzene rings is 2. The lowest BCUT2D eigenvalue weighted by Crippen LogP contribution is -2.32. The summed E-state index contributed by atoms with van der Waals surface area (Å²) in [5, 5.41) is 4.95. The van der Waals surface area contributed by atoms with E-state index in [9.17, 15) is 4.79 Å². The molecule has 1 fully saturated rings. The van der Waals surface area contributed by atoms with Gasteiger partial charge in [-0.15, -0.1) is 0 Å². The quantitative estimate of drug-likeness (QED) is 0.414. The third-order valence-electron chi connectivity index (χ3n) is 6.07. The van der Waals surface area contributed by atoms with E-state index in [0.717, 1.165) is 53.1 Å². The van der Waals surface area contributed by atoms with Crippen LogP contribution in [0.15, 0.2) is 67.3 Å². The highest BCUT2D eigenvalue weighted by Gasteiger charge is 2.31. The van der Waals surface area contributed by atoms with Gasteiger partial charge in [0.1, 0.15) is 12.1 Å². The fourth-order valence-corrected chi connectivity index (χ4v) is 4.69. The van der Waals surface area contributed by atoms with Gasteiger partial charge >= 0.3 is 0 Å². The first-order valence-electron chi connectivity index (χ1n) is 11.5. The Morgan fingerprint density at radius 1 is 1.12 bits per heavy atom. The summed E-state index contributed by atoms with van der Waals surface area (Å²) in [5.41, 5.74) is 3.68. The molecule has 0 aliphatic carbocycles. The van der Waals surface area contributed by atoms with Gasteiger partial charge in [-0.25, -0.2) is 9.97 Å². The van der Waals surface area contributed by atoms with Crippen LogP contribution in [0.25, 0.3) is 10.9 Å². The van der Waals surface area contributed by atoms with Gasteiger partial charge in [0.15, 0.2) is 0 Å². The Balaban J connectivity index is 1.23. The average molecular weight is 473 g/mol. The Kier molecular flexibility index (Phi) is 6.62. The van der Waals surface area contributed by atoms with Crippen molar-refractivity contribution in [2.24, 2.45) is 0 Å². The number of nitrogens with one attached hydrogen (secondary N) is 1. The fraction of sp³-hybridized carbons (Fsp3) is 0.269. The second kappa shape index (κ2) is 10.1. The molecule has 0 spiro atoms. The molecule has 3 heterocycles. The zero-order valence-corrected chi connectivity index (χ0v) is 19.4. The lowest BCUT2D eigenvalue weighted by Gasteiger charge is -2.24. The summed E-state index contributed by atoms with van der Waals surface area (Å²) in [5.74, 6) is 0.853. The van der Waals surface area contributed by atoms with Gasteiger partial charge in [-0.2, -0.15) is 0 Å². The van der Waals surface area contributed by atoms with Crippen LogP contribution < -0.4 is 5.32 Å². The Morgan fingerprint density at radius 2 is 2.03 bits per heavy atom. The van der Waals surface area contributed by atoms with E-state index in [1.165, 1.54) is 6.33 Å². The first-order valence-corrected chi connectivity index (χ1v) is 11.8. The Bertz CT molecular complexity index is 1310. The van der Waals surface area contributed by atoms with E-state index in [2.05, 4.69) is 20.3 Å². The number of fused-ring (bicyclic) bond motifs is 1. The van der Waals surface area contributed by atoms with Crippen molar-refractivity contribution in [3.05, 3.63) is 89.2 Å². The van der Waals surface area contributed by atoms with Crippen LogP contribution in [0.5, 0.6) is 0 Å². The SMILES string of the molecule is O=C(CCNc1ncnc2ccccc12)N1CCC[C@@H]1c1cncc(Cc2cccc(Cl)c2)n1. The van der Waals surface area contributed by atoms with Gasteiger partial charge in [-0.1, -0.05) is 35.9 Å².